The Morgan fingerprint density at radius 1 is 1.17 bits per heavy atom. The van der Waals surface area contributed by atoms with Gasteiger partial charge in [0, 0.05) is 6.42 Å². The quantitative estimate of drug-likeness (QED) is 0.846. The molecule has 1 saturated carbocycles. The highest BCUT2D eigenvalue weighted by Crippen LogP contribution is 2.34. The number of rotatable bonds is 5. The molecule has 0 bridgehead atoms. The number of primary amides is 1. The molecule has 1 aromatic rings. The zero-order valence-corrected chi connectivity index (χ0v) is 11.0. The van der Waals surface area contributed by atoms with E-state index in [9.17, 15) is 4.79 Å². The monoisotopic (exact) mass is 245 g/mol. The molecule has 0 saturated heterocycles. The number of nitrogens with two attached hydrogens (primary N) is 1. The second kappa shape index (κ2) is 6.58. The normalized spacial score (nSPS) is 18.4. The van der Waals surface area contributed by atoms with E-state index in [4.69, 9.17) is 5.73 Å². The van der Waals surface area contributed by atoms with E-state index in [1.807, 2.05) is 18.2 Å². The van der Waals surface area contributed by atoms with Gasteiger partial charge >= 0.3 is 0 Å². The zero-order valence-electron chi connectivity index (χ0n) is 11.0. The van der Waals surface area contributed by atoms with E-state index in [0.717, 1.165) is 12.3 Å². The molecule has 0 radical (unpaired) electrons. The number of carbonyl (C=O) groups is 1. The molecule has 2 rings (SSSR count). The maximum absolute atomic E-state index is 11.2. The molecule has 1 amide bonds. The van der Waals surface area contributed by atoms with Crippen LogP contribution >= 0.6 is 0 Å². The van der Waals surface area contributed by atoms with Gasteiger partial charge in [-0.3, -0.25) is 4.79 Å². The minimum atomic E-state index is -0.181. The van der Waals surface area contributed by atoms with Gasteiger partial charge in [-0.15, -0.1) is 0 Å². The topological polar surface area (TPSA) is 43.1 Å². The molecule has 1 aliphatic rings. The summed E-state index contributed by atoms with van der Waals surface area (Å²) < 4.78 is 0. The number of hydrogen-bond donors (Lipinski definition) is 1. The third-order valence-corrected chi connectivity index (χ3v) is 4.06. The van der Waals surface area contributed by atoms with Gasteiger partial charge in [-0.05, 0) is 23.8 Å². The van der Waals surface area contributed by atoms with Gasteiger partial charge in [0.15, 0.2) is 0 Å². The van der Waals surface area contributed by atoms with Crippen LogP contribution in [0.4, 0.5) is 0 Å². The molecular formula is C16H23NO. The predicted molar refractivity (Wildman–Crippen MR) is 74.2 cm³/mol. The van der Waals surface area contributed by atoms with E-state index in [1.54, 1.807) is 0 Å². The summed E-state index contributed by atoms with van der Waals surface area (Å²) in [4.78, 5) is 11.2. The van der Waals surface area contributed by atoms with E-state index in [1.165, 1.54) is 37.7 Å². The fourth-order valence-corrected chi connectivity index (χ4v) is 3.13. The van der Waals surface area contributed by atoms with Crippen LogP contribution in [0.1, 0.15) is 56.4 Å². The van der Waals surface area contributed by atoms with Crippen molar-refractivity contribution in [2.24, 2.45) is 11.7 Å². The number of carbonyl (C=O) groups excluding carboxylic acids is 1. The van der Waals surface area contributed by atoms with Crippen LogP contribution in [0.25, 0.3) is 0 Å². The van der Waals surface area contributed by atoms with Gasteiger partial charge in [0.2, 0.25) is 5.91 Å². The Morgan fingerprint density at radius 2 is 1.83 bits per heavy atom. The van der Waals surface area contributed by atoms with Gasteiger partial charge in [-0.25, -0.2) is 0 Å². The second-order valence-electron chi connectivity index (χ2n) is 5.52. The first-order chi connectivity index (χ1) is 8.75. The summed E-state index contributed by atoms with van der Waals surface area (Å²) in [5.41, 5.74) is 6.66. The SMILES string of the molecule is NC(=O)CC(CC1CCCCC1)c1ccccc1. The molecule has 2 N–H and O–H groups in total. The second-order valence-corrected chi connectivity index (χ2v) is 5.52. The highest BCUT2D eigenvalue weighted by atomic mass is 16.1. The van der Waals surface area contributed by atoms with Gasteiger partial charge in [0.25, 0.3) is 0 Å². The third kappa shape index (κ3) is 3.86. The van der Waals surface area contributed by atoms with Crippen LogP contribution in [0.3, 0.4) is 0 Å². The van der Waals surface area contributed by atoms with Crippen molar-refractivity contribution in [1.29, 1.82) is 0 Å². The zero-order chi connectivity index (χ0) is 12.8. The summed E-state index contributed by atoms with van der Waals surface area (Å²) in [5, 5.41) is 0. The Kier molecular flexibility index (Phi) is 4.80. The Morgan fingerprint density at radius 3 is 2.44 bits per heavy atom. The van der Waals surface area contributed by atoms with Gasteiger partial charge in [0.1, 0.15) is 0 Å². The standard InChI is InChI=1S/C16H23NO/c17-16(18)12-15(14-9-5-2-6-10-14)11-13-7-3-1-4-8-13/h2,5-6,9-10,13,15H,1,3-4,7-8,11-12H2,(H2,17,18). The van der Waals surface area contributed by atoms with Crippen molar-refractivity contribution in [2.75, 3.05) is 0 Å². The molecule has 18 heavy (non-hydrogen) atoms. The van der Waals surface area contributed by atoms with Crippen molar-refractivity contribution < 1.29 is 4.79 Å². The maximum Gasteiger partial charge on any atom is 0.218 e. The first-order valence-electron chi connectivity index (χ1n) is 7.09. The highest BCUT2D eigenvalue weighted by Gasteiger charge is 2.21. The summed E-state index contributed by atoms with van der Waals surface area (Å²) >= 11 is 0. The molecule has 2 nitrogen and oxygen atoms in total. The molecule has 1 aromatic carbocycles. The fourth-order valence-electron chi connectivity index (χ4n) is 3.13. The van der Waals surface area contributed by atoms with Gasteiger partial charge in [0.05, 0.1) is 0 Å². The summed E-state index contributed by atoms with van der Waals surface area (Å²) in [7, 11) is 0. The lowest BCUT2D eigenvalue weighted by molar-refractivity contribution is -0.118. The van der Waals surface area contributed by atoms with Gasteiger partial charge in [-0.2, -0.15) is 0 Å². The summed E-state index contributed by atoms with van der Waals surface area (Å²) in [5.74, 6) is 0.912. The number of benzene rings is 1. The summed E-state index contributed by atoms with van der Waals surface area (Å²) in [6.45, 7) is 0. The molecule has 98 valence electrons. The molecule has 1 atom stereocenters. The minimum absolute atomic E-state index is 0.181. The van der Waals surface area contributed by atoms with Crippen molar-refractivity contribution >= 4 is 5.91 Å². The van der Waals surface area contributed by atoms with Crippen LogP contribution in [0, 0.1) is 5.92 Å². The molecule has 1 fully saturated rings. The van der Waals surface area contributed by atoms with Crippen molar-refractivity contribution in [2.45, 2.75) is 50.9 Å². The van der Waals surface area contributed by atoms with Crippen molar-refractivity contribution in [3.8, 4) is 0 Å². The van der Waals surface area contributed by atoms with Crippen molar-refractivity contribution in [3.63, 3.8) is 0 Å². The molecule has 2 heteroatoms. The third-order valence-electron chi connectivity index (χ3n) is 4.06. The molecule has 0 heterocycles. The molecular weight excluding hydrogens is 222 g/mol. The Bertz CT molecular complexity index is 368. The molecule has 0 aromatic heterocycles. The van der Waals surface area contributed by atoms with Crippen LogP contribution < -0.4 is 5.73 Å². The van der Waals surface area contributed by atoms with Gasteiger partial charge < -0.3 is 5.73 Å². The van der Waals surface area contributed by atoms with E-state index < -0.39 is 0 Å². The summed E-state index contributed by atoms with van der Waals surface area (Å²) in [6, 6.07) is 10.4. The number of hydrogen-bond acceptors (Lipinski definition) is 1. The first kappa shape index (κ1) is 13.1. The Balaban J connectivity index is 2.02. The van der Waals surface area contributed by atoms with Crippen LogP contribution in [0.15, 0.2) is 30.3 Å². The van der Waals surface area contributed by atoms with Crippen LogP contribution in [-0.2, 0) is 4.79 Å². The lowest BCUT2D eigenvalue weighted by Crippen LogP contribution is -2.18. The van der Waals surface area contributed by atoms with Crippen LogP contribution in [0.2, 0.25) is 0 Å². The van der Waals surface area contributed by atoms with E-state index in [-0.39, 0.29) is 5.91 Å². The molecule has 1 aliphatic carbocycles. The maximum atomic E-state index is 11.2. The molecule has 0 spiro atoms. The Hall–Kier alpha value is -1.31. The fraction of sp³-hybridized carbons (Fsp3) is 0.562. The minimum Gasteiger partial charge on any atom is -0.370 e. The highest BCUT2D eigenvalue weighted by molar-refractivity contribution is 5.74. The smallest absolute Gasteiger partial charge is 0.218 e. The lowest BCUT2D eigenvalue weighted by atomic mass is 9.79. The lowest BCUT2D eigenvalue weighted by Gasteiger charge is -2.26. The molecule has 1 unspecified atom stereocenters. The van der Waals surface area contributed by atoms with E-state index in [2.05, 4.69) is 12.1 Å². The van der Waals surface area contributed by atoms with Crippen LogP contribution in [-0.4, -0.2) is 5.91 Å². The Labute approximate surface area is 110 Å². The number of amides is 1. The largest absolute Gasteiger partial charge is 0.370 e. The van der Waals surface area contributed by atoms with E-state index >= 15 is 0 Å². The van der Waals surface area contributed by atoms with Crippen molar-refractivity contribution in [1.82, 2.24) is 0 Å². The van der Waals surface area contributed by atoms with Crippen molar-refractivity contribution in [3.05, 3.63) is 35.9 Å². The summed E-state index contributed by atoms with van der Waals surface area (Å²) in [6.07, 6.45) is 8.32. The average Bonchev–Trinajstić information content (AvgIpc) is 2.40. The first-order valence-corrected chi connectivity index (χ1v) is 7.09. The average molecular weight is 245 g/mol. The van der Waals surface area contributed by atoms with Gasteiger partial charge in [-0.1, -0.05) is 62.4 Å². The van der Waals surface area contributed by atoms with Crippen LogP contribution in [0.5, 0.6) is 0 Å². The molecule has 0 aliphatic heterocycles. The predicted octanol–water partition coefficient (Wildman–Crippen LogP) is 3.62. The van der Waals surface area contributed by atoms with E-state index in [0.29, 0.717) is 12.3 Å².